The van der Waals surface area contributed by atoms with E-state index in [0.717, 1.165) is 38.2 Å². The van der Waals surface area contributed by atoms with Gasteiger partial charge >= 0.3 is 5.97 Å². The molecule has 0 bridgehead atoms. The molecule has 4 heteroatoms. The van der Waals surface area contributed by atoms with E-state index in [-0.39, 0.29) is 6.54 Å². The zero-order valence-corrected chi connectivity index (χ0v) is 10.7. The van der Waals surface area contributed by atoms with Crippen LogP contribution in [0.15, 0.2) is 18.2 Å². The molecule has 2 rings (SSSR count). The van der Waals surface area contributed by atoms with Crippen LogP contribution in [0.1, 0.15) is 17.5 Å². The normalized spacial score (nSPS) is 14.1. The Morgan fingerprint density at radius 1 is 1.50 bits per heavy atom. The van der Waals surface area contributed by atoms with Gasteiger partial charge in [0.1, 0.15) is 5.75 Å². The van der Waals surface area contributed by atoms with Crippen molar-refractivity contribution in [1.82, 2.24) is 4.90 Å². The molecule has 1 aromatic carbocycles. The molecule has 0 saturated carbocycles. The monoisotopic (exact) mass is 249 g/mol. The zero-order valence-electron chi connectivity index (χ0n) is 10.7. The number of aliphatic carboxylic acids is 1. The minimum Gasteiger partial charge on any atom is -0.493 e. The largest absolute Gasteiger partial charge is 0.493 e. The Morgan fingerprint density at radius 3 is 3.11 bits per heavy atom. The van der Waals surface area contributed by atoms with E-state index >= 15 is 0 Å². The van der Waals surface area contributed by atoms with Gasteiger partial charge in [-0.1, -0.05) is 12.1 Å². The SMILES string of the molecule is CN(CCc1ccc2c(c1)CCCO2)CC(=O)O. The predicted molar refractivity (Wildman–Crippen MR) is 69.1 cm³/mol. The van der Waals surface area contributed by atoms with E-state index in [2.05, 4.69) is 12.1 Å². The van der Waals surface area contributed by atoms with E-state index in [1.54, 1.807) is 0 Å². The van der Waals surface area contributed by atoms with Crippen molar-refractivity contribution in [3.05, 3.63) is 29.3 Å². The molecule has 1 aromatic rings. The number of fused-ring (bicyclic) bond motifs is 1. The molecule has 0 unspecified atom stereocenters. The van der Waals surface area contributed by atoms with Crippen LogP contribution in [-0.2, 0) is 17.6 Å². The van der Waals surface area contributed by atoms with Crippen LogP contribution in [0.3, 0.4) is 0 Å². The number of aryl methyl sites for hydroxylation is 1. The molecule has 0 saturated heterocycles. The predicted octanol–water partition coefficient (Wildman–Crippen LogP) is 1.57. The van der Waals surface area contributed by atoms with Gasteiger partial charge in [-0.3, -0.25) is 9.69 Å². The minimum atomic E-state index is -0.781. The van der Waals surface area contributed by atoms with Crippen LogP contribution in [-0.4, -0.2) is 42.7 Å². The number of benzene rings is 1. The lowest BCUT2D eigenvalue weighted by Gasteiger charge is -2.19. The van der Waals surface area contributed by atoms with Gasteiger partial charge in [0.05, 0.1) is 13.2 Å². The second-order valence-electron chi connectivity index (χ2n) is 4.78. The Labute approximate surface area is 107 Å². The summed E-state index contributed by atoms with van der Waals surface area (Å²) in [4.78, 5) is 12.4. The quantitative estimate of drug-likeness (QED) is 0.860. The number of hydrogen-bond acceptors (Lipinski definition) is 3. The second-order valence-corrected chi connectivity index (χ2v) is 4.78. The maximum Gasteiger partial charge on any atom is 0.317 e. The smallest absolute Gasteiger partial charge is 0.317 e. The maximum atomic E-state index is 10.6. The van der Waals surface area contributed by atoms with Crippen LogP contribution >= 0.6 is 0 Å². The summed E-state index contributed by atoms with van der Waals surface area (Å²) in [5, 5.41) is 8.68. The summed E-state index contributed by atoms with van der Waals surface area (Å²) < 4.78 is 5.57. The average molecular weight is 249 g/mol. The van der Waals surface area contributed by atoms with Crippen molar-refractivity contribution in [1.29, 1.82) is 0 Å². The first-order valence-electron chi connectivity index (χ1n) is 6.30. The van der Waals surface area contributed by atoms with E-state index < -0.39 is 5.97 Å². The average Bonchev–Trinajstić information content (AvgIpc) is 2.35. The molecule has 18 heavy (non-hydrogen) atoms. The van der Waals surface area contributed by atoms with Gasteiger partial charge in [-0.15, -0.1) is 0 Å². The third-order valence-corrected chi connectivity index (χ3v) is 3.16. The molecule has 0 amide bonds. The first-order chi connectivity index (χ1) is 8.65. The fraction of sp³-hybridized carbons (Fsp3) is 0.500. The van der Waals surface area contributed by atoms with Crippen LogP contribution in [0.4, 0.5) is 0 Å². The Bertz CT molecular complexity index is 431. The Kier molecular flexibility index (Phi) is 4.20. The number of carbonyl (C=O) groups is 1. The van der Waals surface area contributed by atoms with E-state index in [0.29, 0.717) is 0 Å². The Hall–Kier alpha value is -1.55. The van der Waals surface area contributed by atoms with Crippen molar-refractivity contribution in [2.45, 2.75) is 19.3 Å². The molecular formula is C14H19NO3. The Balaban J connectivity index is 1.91. The fourth-order valence-corrected chi connectivity index (χ4v) is 2.20. The molecule has 1 N–H and O–H groups in total. The molecule has 98 valence electrons. The van der Waals surface area contributed by atoms with Crippen molar-refractivity contribution in [2.24, 2.45) is 0 Å². The highest BCUT2D eigenvalue weighted by Crippen LogP contribution is 2.25. The van der Waals surface area contributed by atoms with Gasteiger partial charge in [-0.25, -0.2) is 0 Å². The summed E-state index contributed by atoms with van der Waals surface area (Å²) in [5.74, 6) is 0.222. The zero-order chi connectivity index (χ0) is 13.0. The van der Waals surface area contributed by atoms with Crippen LogP contribution in [0.2, 0.25) is 0 Å². The van der Waals surface area contributed by atoms with Crippen LogP contribution in [0.25, 0.3) is 0 Å². The first-order valence-corrected chi connectivity index (χ1v) is 6.30. The van der Waals surface area contributed by atoms with E-state index in [1.807, 2.05) is 18.0 Å². The molecule has 0 radical (unpaired) electrons. The van der Waals surface area contributed by atoms with Gasteiger partial charge in [0.25, 0.3) is 0 Å². The van der Waals surface area contributed by atoms with Gasteiger partial charge in [0, 0.05) is 6.54 Å². The topological polar surface area (TPSA) is 49.8 Å². The highest BCUT2D eigenvalue weighted by molar-refractivity contribution is 5.69. The van der Waals surface area contributed by atoms with Crippen molar-refractivity contribution in [3.63, 3.8) is 0 Å². The molecule has 1 aliphatic heterocycles. The fourth-order valence-electron chi connectivity index (χ4n) is 2.20. The van der Waals surface area contributed by atoms with Gasteiger partial charge in [-0.2, -0.15) is 0 Å². The number of carboxylic acid groups (broad SMARTS) is 1. The lowest BCUT2D eigenvalue weighted by atomic mass is 10.0. The molecule has 4 nitrogen and oxygen atoms in total. The van der Waals surface area contributed by atoms with Crippen molar-refractivity contribution in [2.75, 3.05) is 26.7 Å². The third-order valence-electron chi connectivity index (χ3n) is 3.16. The van der Waals surface area contributed by atoms with Crippen LogP contribution in [0, 0.1) is 0 Å². The highest BCUT2D eigenvalue weighted by atomic mass is 16.5. The number of rotatable bonds is 5. The van der Waals surface area contributed by atoms with Gasteiger partial charge in [0.15, 0.2) is 0 Å². The molecule has 0 aliphatic carbocycles. The molecule has 0 spiro atoms. The van der Waals surface area contributed by atoms with Crippen molar-refractivity contribution in [3.8, 4) is 5.75 Å². The van der Waals surface area contributed by atoms with Gasteiger partial charge < -0.3 is 9.84 Å². The third kappa shape index (κ3) is 3.47. The number of nitrogens with zero attached hydrogens (tertiary/aromatic N) is 1. The number of likely N-dealkylation sites (N-methyl/N-ethyl adjacent to an activating group) is 1. The Morgan fingerprint density at radius 2 is 2.33 bits per heavy atom. The number of hydrogen-bond donors (Lipinski definition) is 1. The summed E-state index contributed by atoms with van der Waals surface area (Å²) >= 11 is 0. The number of carboxylic acids is 1. The van der Waals surface area contributed by atoms with Gasteiger partial charge in [-0.05, 0) is 43.5 Å². The summed E-state index contributed by atoms with van der Waals surface area (Å²) in [7, 11) is 1.83. The number of ether oxygens (including phenoxy) is 1. The first kappa shape index (κ1) is 12.9. The highest BCUT2D eigenvalue weighted by Gasteiger charge is 2.11. The lowest BCUT2D eigenvalue weighted by Crippen LogP contribution is -2.27. The molecule has 1 heterocycles. The summed E-state index contributed by atoms with van der Waals surface area (Å²) in [6.07, 6.45) is 3.03. The van der Waals surface area contributed by atoms with E-state index in [9.17, 15) is 4.79 Å². The second kappa shape index (κ2) is 5.87. The van der Waals surface area contributed by atoms with Crippen LogP contribution in [0.5, 0.6) is 5.75 Å². The van der Waals surface area contributed by atoms with Crippen LogP contribution < -0.4 is 4.74 Å². The molecular weight excluding hydrogens is 230 g/mol. The minimum absolute atomic E-state index is 0.0913. The van der Waals surface area contributed by atoms with E-state index in [4.69, 9.17) is 9.84 Å². The van der Waals surface area contributed by atoms with Crippen molar-refractivity contribution < 1.29 is 14.6 Å². The van der Waals surface area contributed by atoms with Gasteiger partial charge in [0.2, 0.25) is 0 Å². The maximum absolute atomic E-state index is 10.6. The molecule has 0 fully saturated rings. The summed E-state index contributed by atoms with van der Waals surface area (Å²) in [5.41, 5.74) is 2.52. The molecule has 0 aromatic heterocycles. The standard InChI is InChI=1S/C14H19NO3/c1-15(10-14(16)17)7-6-11-4-5-13-12(9-11)3-2-8-18-13/h4-5,9H,2-3,6-8,10H2,1H3,(H,16,17). The summed E-state index contributed by atoms with van der Waals surface area (Å²) in [6, 6.07) is 6.28. The lowest BCUT2D eigenvalue weighted by molar-refractivity contribution is -0.137. The summed E-state index contributed by atoms with van der Waals surface area (Å²) in [6.45, 7) is 1.66. The van der Waals surface area contributed by atoms with Crippen molar-refractivity contribution >= 4 is 5.97 Å². The molecule has 0 atom stereocenters. The van der Waals surface area contributed by atoms with E-state index in [1.165, 1.54) is 11.1 Å². The molecule has 1 aliphatic rings.